The molecule has 1 N–H and O–H groups in total. The number of fused-ring (bicyclic) bond motifs is 1. The van der Waals surface area contributed by atoms with Crippen LogP contribution in [0.25, 0.3) is 11.0 Å². The molecule has 0 aliphatic rings. The molecule has 120 valence electrons. The summed E-state index contributed by atoms with van der Waals surface area (Å²) in [7, 11) is 0. The van der Waals surface area contributed by atoms with Crippen LogP contribution in [0, 0.1) is 3.57 Å². The fraction of sp³-hybridized carbons (Fsp3) is 0.118. The van der Waals surface area contributed by atoms with E-state index >= 15 is 0 Å². The van der Waals surface area contributed by atoms with Gasteiger partial charge in [0.1, 0.15) is 0 Å². The highest BCUT2D eigenvalue weighted by Crippen LogP contribution is 2.22. The molecule has 4 rings (SSSR count). The Morgan fingerprint density at radius 2 is 1.92 bits per heavy atom. The van der Waals surface area contributed by atoms with Crippen LogP contribution in [0.5, 0.6) is 0 Å². The molecule has 0 aliphatic carbocycles. The van der Waals surface area contributed by atoms with Crippen LogP contribution < -0.4 is 0 Å². The molecule has 0 fully saturated rings. The van der Waals surface area contributed by atoms with Crippen LogP contribution in [-0.2, 0) is 12.3 Å². The van der Waals surface area contributed by atoms with Crippen molar-refractivity contribution in [1.29, 1.82) is 0 Å². The Hall–Kier alpha value is -1.87. The van der Waals surface area contributed by atoms with Crippen LogP contribution >= 0.6 is 34.4 Å². The zero-order chi connectivity index (χ0) is 16.4. The number of para-hydroxylation sites is 2. The Morgan fingerprint density at radius 1 is 1.08 bits per heavy atom. The smallest absolute Gasteiger partial charge is 0.166 e. The number of imidazole rings is 1. The van der Waals surface area contributed by atoms with E-state index in [-0.39, 0.29) is 0 Å². The Bertz CT molecular complexity index is 927. The van der Waals surface area contributed by atoms with Crippen molar-refractivity contribution in [3.63, 3.8) is 0 Å². The van der Waals surface area contributed by atoms with E-state index in [1.165, 1.54) is 9.13 Å². The first kappa shape index (κ1) is 15.6. The molecular weight excluding hydrogens is 433 g/mol. The second kappa shape index (κ2) is 6.94. The molecular formula is C17H14IN5S. The number of hydrogen-bond acceptors (Lipinski definition) is 4. The van der Waals surface area contributed by atoms with Crippen LogP contribution in [0.2, 0.25) is 0 Å². The summed E-state index contributed by atoms with van der Waals surface area (Å²) in [4.78, 5) is 7.88. The highest BCUT2D eigenvalue weighted by atomic mass is 127. The number of halogens is 1. The van der Waals surface area contributed by atoms with Gasteiger partial charge in [0.25, 0.3) is 0 Å². The number of aromatic amines is 1. The zero-order valence-corrected chi connectivity index (χ0v) is 15.7. The SMILES string of the molecule is Ic1ccc(Cn2cc(CSc3nc4ccccc4[nH]3)nn2)cc1. The lowest BCUT2D eigenvalue weighted by Gasteiger charge is -2.00. The summed E-state index contributed by atoms with van der Waals surface area (Å²) in [6.45, 7) is 0.735. The van der Waals surface area contributed by atoms with Gasteiger partial charge in [0.2, 0.25) is 0 Å². The fourth-order valence-corrected chi connectivity index (χ4v) is 3.52. The van der Waals surface area contributed by atoms with Crippen LogP contribution in [0.3, 0.4) is 0 Å². The molecule has 0 aliphatic heterocycles. The molecule has 0 spiro atoms. The monoisotopic (exact) mass is 447 g/mol. The molecule has 2 heterocycles. The Morgan fingerprint density at radius 3 is 2.75 bits per heavy atom. The van der Waals surface area contributed by atoms with Crippen molar-refractivity contribution < 1.29 is 0 Å². The van der Waals surface area contributed by atoms with Gasteiger partial charge in [-0.05, 0) is 52.4 Å². The van der Waals surface area contributed by atoms with Gasteiger partial charge in [0, 0.05) is 15.5 Å². The maximum absolute atomic E-state index is 4.56. The fourth-order valence-electron chi connectivity index (χ4n) is 2.40. The third kappa shape index (κ3) is 3.62. The molecule has 0 amide bonds. The number of hydrogen-bond donors (Lipinski definition) is 1. The molecule has 0 radical (unpaired) electrons. The first-order valence-electron chi connectivity index (χ1n) is 7.47. The van der Waals surface area contributed by atoms with Gasteiger partial charge < -0.3 is 4.98 Å². The highest BCUT2D eigenvalue weighted by molar-refractivity contribution is 14.1. The summed E-state index contributed by atoms with van der Waals surface area (Å²) in [5.41, 5.74) is 4.22. The van der Waals surface area contributed by atoms with E-state index in [1.807, 2.05) is 35.1 Å². The number of nitrogens with zero attached hydrogens (tertiary/aromatic N) is 4. The average Bonchev–Trinajstić information content (AvgIpc) is 3.21. The summed E-state index contributed by atoms with van der Waals surface area (Å²) >= 11 is 3.94. The summed E-state index contributed by atoms with van der Waals surface area (Å²) in [6, 6.07) is 16.5. The topological polar surface area (TPSA) is 59.4 Å². The average molecular weight is 447 g/mol. The van der Waals surface area contributed by atoms with E-state index in [1.54, 1.807) is 11.8 Å². The first-order valence-corrected chi connectivity index (χ1v) is 9.54. The van der Waals surface area contributed by atoms with Gasteiger partial charge in [-0.25, -0.2) is 9.67 Å². The third-order valence-corrected chi connectivity index (χ3v) is 5.19. The zero-order valence-electron chi connectivity index (χ0n) is 12.7. The minimum absolute atomic E-state index is 0.735. The number of H-pyrrole nitrogens is 1. The van der Waals surface area contributed by atoms with Crippen molar-refractivity contribution in [3.05, 3.63) is 69.6 Å². The van der Waals surface area contributed by atoms with Crippen LogP contribution in [-0.4, -0.2) is 25.0 Å². The number of rotatable bonds is 5. The summed E-state index contributed by atoms with van der Waals surface area (Å²) in [5.74, 6) is 0.743. The van der Waals surface area contributed by atoms with Gasteiger partial charge in [-0.2, -0.15) is 0 Å². The lowest BCUT2D eigenvalue weighted by molar-refractivity contribution is 0.649. The van der Waals surface area contributed by atoms with E-state index in [0.717, 1.165) is 34.2 Å². The molecule has 4 aromatic rings. The predicted molar refractivity (Wildman–Crippen MR) is 104 cm³/mol. The molecule has 2 aromatic carbocycles. The van der Waals surface area contributed by atoms with Gasteiger partial charge >= 0.3 is 0 Å². The number of benzene rings is 2. The normalized spacial score (nSPS) is 11.2. The molecule has 5 nitrogen and oxygen atoms in total. The lowest BCUT2D eigenvalue weighted by atomic mass is 10.2. The van der Waals surface area contributed by atoms with Crippen molar-refractivity contribution in [3.8, 4) is 0 Å². The quantitative estimate of drug-likeness (QED) is 0.370. The van der Waals surface area contributed by atoms with Gasteiger partial charge in [-0.1, -0.05) is 41.2 Å². The number of nitrogens with one attached hydrogen (secondary N) is 1. The Balaban J connectivity index is 1.40. The first-order chi connectivity index (χ1) is 11.8. The van der Waals surface area contributed by atoms with Crippen LogP contribution in [0.15, 0.2) is 59.9 Å². The summed E-state index contributed by atoms with van der Waals surface area (Å²) in [5, 5.41) is 9.36. The van der Waals surface area contributed by atoms with Crippen molar-refractivity contribution in [2.45, 2.75) is 17.5 Å². The van der Waals surface area contributed by atoms with Gasteiger partial charge in [0.05, 0.1) is 23.3 Å². The standard InChI is InChI=1S/C17H14IN5S/c18-13-7-5-12(6-8-13)9-23-10-14(21-22-23)11-24-17-19-15-3-1-2-4-16(15)20-17/h1-8,10H,9,11H2,(H,19,20). The number of thioether (sulfide) groups is 1. The van der Waals surface area contributed by atoms with Gasteiger partial charge in [-0.3, -0.25) is 0 Å². The summed E-state index contributed by atoms with van der Waals surface area (Å²) < 4.78 is 3.11. The van der Waals surface area contributed by atoms with Gasteiger partial charge in [-0.15, -0.1) is 5.10 Å². The molecule has 7 heteroatoms. The molecule has 0 bridgehead atoms. The largest absolute Gasteiger partial charge is 0.333 e. The van der Waals surface area contributed by atoms with Crippen LogP contribution in [0.1, 0.15) is 11.3 Å². The van der Waals surface area contributed by atoms with Crippen molar-refractivity contribution in [1.82, 2.24) is 25.0 Å². The van der Waals surface area contributed by atoms with E-state index in [4.69, 9.17) is 0 Å². The Kier molecular flexibility index (Phi) is 4.52. The maximum atomic E-state index is 4.56. The predicted octanol–water partition coefficient (Wildman–Crippen LogP) is 4.10. The van der Waals surface area contributed by atoms with E-state index in [0.29, 0.717) is 0 Å². The van der Waals surface area contributed by atoms with E-state index in [2.05, 4.69) is 67.1 Å². The van der Waals surface area contributed by atoms with Crippen LogP contribution in [0.4, 0.5) is 0 Å². The minimum Gasteiger partial charge on any atom is -0.333 e. The second-order valence-corrected chi connectivity index (χ2v) is 7.59. The minimum atomic E-state index is 0.735. The molecule has 0 saturated carbocycles. The lowest BCUT2D eigenvalue weighted by Crippen LogP contribution is -2.00. The van der Waals surface area contributed by atoms with Crippen molar-refractivity contribution in [2.75, 3.05) is 0 Å². The molecule has 0 atom stereocenters. The van der Waals surface area contributed by atoms with Crippen molar-refractivity contribution in [2.24, 2.45) is 0 Å². The van der Waals surface area contributed by atoms with E-state index < -0.39 is 0 Å². The molecule has 24 heavy (non-hydrogen) atoms. The number of aromatic nitrogens is 5. The third-order valence-electron chi connectivity index (χ3n) is 3.57. The van der Waals surface area contributed by atoms with E-state index in [9.17, 15) is 0 Å². The van der Waals surface area contributed by atoms with Gasteiger partial charge in [0.15, 0.2) is 5.16 Å². The van der Waals surface area contributed by atoms with Crippen molar-refractivity contribution >= 4 is 45.4 Å². The molecule has 0 unspecified atom stereocenters. The molecule has 2 aromatic heterocycles. The maximum Gasteiger partial charge on any atom is 0.166 e. The summed E-state index contributed by atoms with van der Waals surface area (Å²) in [6.07, 6.45) is 1.99. The second-order valence-electron chi connectivity index (χ2n) is 5.38. The Labute approximate surface area is 157 Å². The molecule has 0 saturated heterocycles. The highest BCUT2D eigenvalue weighted by Gasteiger charge is 2.06.